The number of anilines is 1. The van der Waals surface area contributed by atoms with Gasteiger partial charge in [-0.15, -0.1) is 0 Å². The van der Waals surface area contributed by atoms with Crippen LogP contribution in [0.5, 0.6) is 5.88 Å². The summed E-state index contributed by atoms with van der Waals surface area (Å²) in [5.74, 6) is 1.36. The molecule has 7 nitrogen and oxygen atoms in total. The lowest BCUT2D eigenvalue weighted by atomic mass is 10.1. The minimum absolute atomic E-state index is 0.478. The lowest BCUT2D eigenvalue weighted by Crippen LogP contribution is -2.13. The van der Waals surface area contributed by atoms with Crippen LogP contribution in [0.3, 0.4) is 0 Å². The molecule has 132 valence electrons. The number of rotatable bonds is 6. The third kappa shape index (κ3) is 3.34. The fourth-order valence-corrected chi connectivity index (χ4v) is 2.83. The summed E-state index contributed by atoms with van der Waals surface area (Å²) in [6.07, 6.45) is 5.11. The minimum atomic E-state index is 0.478. The van der Waals surface area contributed by atoms with Crippen LogP contribution in [-0.4, -0.2) is 40.6 Å². The van der Waals surface area contributed by atoms with Crippen molar-refractivity contribution in [2.75, 3.05) is 25.1 Å². The van der Waals surface area contributed by atoms with Crippen LogP contribution in [0, 0.1) is 0 Å². The zero-order valence-electron chi connectivity index (χ0n) is 14.5. The van der Waals surface area contributed by atoms with E-state index in [0.717, 1.165) is 33.7 Å². The number of nitrogens with zero attached hydrogens (tertiary/aromatic N) is 4. The highest BCUT2D eigenvalue weighted by atomic mass is 16.5. The van der Waals surface area contributed by atoms with Crippen molar-refractivity contribution in [3.05, 3.63) is 54.2 Å². The van der Waals surface area contributed by atoms with Gasteiger partial charge < -0.3 is 14.8 Å². The van der Waals surface area contributed by atoms with E-state index in [1.165, 1.54) is 0 Å². The van der Waals surface area contributed by atoms with Crippen LogP contribution >= 0.6 is 0 Å². The maximum absolute atomic E-state index is 5.74. The number of aromatic nitrogens is 3. The summed E-state index contributed by atoms with van der Waals surface area (Å²) in [4.78, 5) is 17.5. The van der Waals surface area contributed by atoms with Gasteiger partial charge in [0.25, 0.3) is 0 Å². The highest BCUT2D eigenvalue weighted by Gasteiger charge is 2.18. The number of hydrogen-bond acceptors (Lipinski definition) is 7. The van der Waals surface area contributed by atoms with Crippen molar-refractivity contribution in [1.82, 2.24) is 15.0 Å². The first kappa shape index (κ1) is 16.4. The number of hydrogen-bond donors (Lipinski definition) is 1. The van der Waals surface area contributed by atoms with Crippen molar-refractivity contribution in [3.8, 4) is 5.88 Å². The largest absolute Gasteiger partial charge is 0.475 e. The van der Waals surface area contributed by atoms with E-state index < -0.39 is 0 Å². The maximum Gasteiger partial charge on any atom is 0.221 e. The van der Waals surface area contributed by atoms with Gasteiger partial charge in [-0.05, 0) is 36.6 Å². The Morgan fingerprint density at radius 1 is 1.04 bits per heavy atom. The highest BCUT2D eigenvalue weighted by molar-refractivity contribution is 6.09. The molecule has 3 heterocycles. The van der Waals surface area contributed by atoms with Crippen LogP contribution in [0.1, 0.15) is 18.3 Å². The molecule has 1 N–H and O–H groups in total. The third-order valence-electron chi connectivity index (χ3n) is 4.05. The first-order valence-corrected chi connectivity index (χ1v) is 8.56. The molecule has 1 aromatic carbocycles. The van der Waals surface area contributed by atoms with Crippen LogP contribution in [0.15, 0.2) is 47.8 Å². The predicted molar refractivity (Wildman–Crippen MR) is 99.6 cm³/mol. The quantitative estimate of drug-likeness (QED) is 0.689. The van der Waals surface area contributed by atoms with Crippen molar-refractivity contribution in [2.24, 2.45) is 4.99 Å². The molecule has 1 aliphatic heterocycles. The lowest BCUT2D eigenvalue weighted by molar-refractivity contribution is 0.109. The number of fused-ring (bicyclic) bond motifs is 2. The Bertz CT molecular complexity index is 958. The lowest BCUT2D eigenvalue weighted by Gasteiger charge is -2.11. The normalized spacial score (nSPS) is 12.7. The molecule has 26 heavy (non-hydrogen) atoms. The molecule has 1 aliphatic rings. The second-order valence-corrected chi connectivity index (χ2v) is 5.74. The monoisotopic (exact) mass is 349 g/mol. The Morgan fingerprint density at radius 3 is 2.88 bits per heavy atom. The van der Waals surface area contributed by atoms with Crippen LogP contribution in [0.4, 0.5) is 5.69 Å². The number of pyridine rings is 1. The number of benzene rings is 1. The number of aliphatic imine (C=N–C) groups is 1. The fraction of sp³-hybridized carbons (Fsp3) is 0.263. The summed E-state index contributed by atoms with van der Waals surface area (Å²) in [7, 11) is 0. The van der Waals surface area contributed by atoms with Gasteiger partial charge in [0.1, 0.15) is 12.3 Å². The van der Waals surface area contributed by atoms with Crippen molar-refractivity contribution in [3.63, 3.8) is 0 Å². The van der Waals surface area contributed by atoms with E-state index in [1.807, 2.05) is 31.2 Å². The molecule has 0 amide bonds. The average molecular weight is 349 g/mol. The van der Waals surface area contributed by atoms with Gasteiger partial charge in [-0.1, -0.05) is 0 Å². The molecule has 0 fully saturated rings. The summed E-state index contributed by atoms with van der Waals surface area (Å²) in [5, 5.41) is 5.33. The van der Waals surface area contributed by atoms with Gasteiger partial charge in [-0.25, -0.2) is 9.97 Å². The fourth-order valence-electron chi connectivity index (χ4n) is 2.83. The highest BCUT2D eigenvalue weighted by Crippen LogP contribution is 2.26. The molecule has 0 spiro atoms. The first-order chi connectivity index (χ1) is 12.8. The van der Waals surface area contributed by atoms with E-state index in [4.69, 9.17) is 9.47 Å². The topological polar surface area (TPSA) is 81.5 Å². The van der Waals surface area contributed by atoms with E-state index in [-0.39, 0.29) is 0 Å². The van der Waals surface area contributed by atoms with Crippen molar-refractivity contribution in [2.45, 2.75) is 13.5 Å². The van der Waals surface area contributed by atoms with Crippen LogP contribution in [0.2, 0.25) is 0 Å². The second-order valence-electron chi connectivity index (χ2n) is 5.74. The van der Waals surface area contributed by atoms with Gasteiger partial charge in [-0.3, -0.25) is 9.98 Å². The van der Waals surface area contributed by atoms with Gasteiger partial charge in [0.2, 0.25) is 5.88 Å². The molecule has 0 unspecified atom stereocenters. The third-order valence-corrected chi connectivity index (χ3v) is 4.05. The second kappa shape index (κ2) is 7.45. The van der Waals surface area contributed by atoms with Crippen molar-refractivity contribution < 1.29 is 9.47 Å². The first-order valence-electron chi connectivity index (χ1n) is 8.56. The molecule has 0 bridgehead atoms. The van der Waals surface area contributed by atoms with Crippen LogP contribution < -0.4 is 10.1 Å². The Hall–Kier alpha value is -3.06. The van der Waals surface area contributed by atoms with Crippen LogP contribution in [-0.2, 0) is 11.3 Å². The van der Waals surface area contributed by atoms with Gasteiger partial charge in [0.05, 0.1) is 18.8 Å². The SMILES string of the molecule is CCOCCOc1nccc2cc(NC3=NCc4nccnc43)ccc12. The molecule has 7 heteroatoms. The summed E-state index contributed by atoms with van der Waals surface area (Å²) in [6, 6.07) is 7.98. The summed E-state index contributed by atoms with van der Waals surface area (Å²) in [5.41, 5.74) is 2.63. The van der Waals surface area contributed by atoms with E-state index >= 15 is 0 Å². The van der Waals surface area contributed by atoms with E-state index in [1.54, 1.807) is 18.6 Å². The molecular weight excluding hydrogens is 330 g/mol. The van der Waals surface area contributed by atoms with Crippen LogP contribution in [0.25, 0.3) is 10.8 Å². The average Bonchev–Trinajstić information content (AvgIpc) is 3.08. The summed E-state index contributed by atoms with van der Waals surface area (Å²) >= 11 is 0. The zero-order chi connectivity index (χ0) is 17.8. The maximum atomic E-state index is 5.74. The van der Waals surface area contributed by atoms with Gasteiger partial charge in [0, 0.05) is 36.3 Å². The molecular formula is C19H19N5O2. The van der Waals surface area contributed by atoms with E-state index in [9.17, 15) is 0 Å². The Kier molecular flexibility index (Phi) is 4.70. The minimum Gasteiger partial charge on any atom is -0.475 e. The molecule has 4 rings (SSSR count). The molecule has 2 aromatic heterocycles. The van der Waals surface area contributed by atoms with Gasteiger partial charge in [-0.2, -0.15) is 0 Å². The molecule has 0 atom stereocenters. The standard InChI is InChI=1S/C19H19N5O2/c1-2-25-9-10-26-19-15-4-3-14(11-13(15)5-6-22-19)24-18-17-16(12-23-18)20-7-8-21-17/h3-8,11H,2,9-10,12H2,1H3,(H,23,24). The zero-order valence-corrected chi connectivity index (χ0v) is 14.5. The smallest absolute Gasteiger partial charge is 0.221 e. The number of ether oxygens (including phenoxy) is 2. The van der Waals surface area contributed by atoms with Gasteiger partial charge in [0.15, 0.2) is 5.84 Å². The number of nitrogens with one attached hydrogen (secondary N) is 1. The summed E-state index contributed by atoms with van der Waals surface area (Å²) in [6.45, 7) is 4.23. The summed E-state index contributed by atoms with van der Waals surface area (Å²) < 4.78 is 11.0. The molecule has 0 radical (unpaired) electrons. The molecule has 0 saturated heterocycles. The van der Waals surface area contributed by atoms with Crippen molar-refractivity contribution >= 4 is 22.3 Å². The Balaban J connectivity index is 1.53. The van der Waals surface area contributed by atoms with E-state index in [2.05, 4.69) is 25.3 Å². The Labute approximate surface area is 151 Å². The molecule has 3 aromatic rings. The molecule has 0 saturated carbocycles. The van der Waals surface area contributed by atoms with Crippen molar-refractivity contribution in [1.29, 1.82) is 0 Å². The van der Waals surface area contributed by atoms with E-state index in [0.29, 0.717) is 32.2 Å². The molecule has 0 aliphatic carbocycles. The number of amidine groups is 1. The Morgan fingerprint density at radius 2 is 1.96 bits per heavy atom. The predicted octanol–water partition coefficient (Wildman–Crippen LogP) is 2.81. The van der Waals surface area contributed by atoms with Gasteiger partial charge >= 0.3 is 0 Å².